The van der Waals surface area contributed by atoms with E-state index in [9.17, 15) is 4.79 Å². The lowest BCUT2D eigenvalue weighted by Crippen LogP contribution is -2.49. The van der Waals surface area contributed by atoms with Crippen molar-refractivity contribution in [3.63, 3.8) is 0 Å². The molecule has 0 bridgehead atoms. The summed E-state index contributed by atoms with van der Waals surface area (Å²) in [6.07, 6.45) is -1.24. The van der Waals surface area contributed by atoms with Gasteiger partial charge >= 0.3 is 6.09 Å². The van der Waals surface area contributed by atoms with Crippen LogP contribution in [0.25, 0.3) is 0 Å². The minimum absolute atomic E-state index is 0.688. The molecule has 0 aromatic carbocycles. The molecule has 0 rings (SSSR count). The first-order valence-electron chi connectivity index (χ1n) is 3.11. The van der Waals surface area contributed by atoms with Crippen molar-refractivity contribution in [3.8, 4) is 0 Å². The highest BCUT2D eigenvalue weighted by molar-refractivity contribution is 6.20. The summed E-state index contributed by atoms with van der Waals surface area (Å²) < 4.78 is 0. The van der Waals surface area contributed by atoms with Crippen molar-refractivity contribution in [1.29, 1.82) is 0 Å². The molecule has 0 aromatic rings. The summed E-state index contributed by atoms with van der Waals surface area (Å²) in [6.45, 7) is 4.94. The molecule has 0 fully saturated rings. The molecule has 0 saturated heterocycles. The average Bonchev–Trinajstić information content (AvgIpc) is 1.54. The molecular weight excluding hydrogens is 170 g/mol. The lowest BCUT2D eigenvalue weighted by atomic mass is 10.1. The van der Waals surface area contributed by atoms with Crippen LogP contribution in [-0.2, 0) is 0 Å². The van der Waals surface area contributed by atoms with Crippen molar-refractivity contribution in [1.82, 2.24) is 4.90 Å². The van der Waals surface area contributed by atoms with E-state index >= 15 is 0 Å². The van der Waals surface area contributed by atoms with Gasteiger partial charge in [0, 0.05) is 5.54 Å². The number of hydrogen-bond acceptors (Lipinski definition) is 2. The molecule has 0 heterocycles. The van der Waals surface area contributed by atoms with E-state index in [1.165, 1.54) is 0 Å². The van der Waals surface area contributed by atoms with Crippen LogP contribution in [0.2, 0.25) is 0 Å². The molecule has 11 heavy (non-hydrogen) atoms. The van der Waals surface area contributed by atoms with Crippen molar-refractivity contribution in [2.75, 3.05) is 0 Å². The number of halogens is 1. The molecule has 0 saturated carbocycles. The molecule has 0 radical (unpaired) electrons. The Kier molecular flexibility index (Phi) is 3.13. The van der Waals surface area contributed by atoms with Gasteiger partial charge in [-0.25, -0.2) is 4.79 Å². The molecule has 0 aliphatic heterocycles. The smallest absolute Gasteiger partial charge is 0.410 e. The molecule has 0 spiro atoms. The first-order valence-corrected chi connectivity index (χ1v) is 3.55. The minimum atomic E-state index is -1.49. The van der Waals surface area contributed by atoms with Gasteiger partial charge in [0.05, 0.1) is 0 Å². The first-order chi connectivity index (χ1) is 4.76. The summed E-state index contributed by atoms with van der Waals surface area (Å²) in [5, 5.41) is 17.4. The monoisotopic (exact) mass is 181 g/mol. The van der Waals surface area contributed by atoms with E-state index in [-0.39, 0.29) is 0 Å². The summed E-state index contributed by atoms with van der Waals surface area (Å²) >= 11 is 5.22. The van der Waals surface area contributed by atoms with Crippen LogP contribution in [0.4, 0.5) is 4.79 Å². The fourth-order valence-electron chi connectivity index (χ4n) is 0.698. The van der Waals surface area contributed by atoms with Crippen LogP contribution in [0.3, 0.4) is 0 Å². The van der Waals surface area contributed by atoms with Crippen LogP contribution in [0, 0.1) is 0 Å². The number of amides is 1. The van der Waals surface area contributed by atoms with E-state index in [0.29, 0.717) is 0 Å². The minimum Gasteiger partial charge on any atom is -0.465 e. The molecule has 1 atom stereocenters. The number of carbonyl (C=O) groups is 1. The Labute approximate surface area is 70.4 Å². The number of hydrogen-bond donors (Lipinski definition) is 2. The van der Waals surface area contributed by atoms with Gasteiger partial charge in [-0.3, -0.25) is 4.90 Å². The van der Waals surface area contributed by atoms with Crippen molar-refractivity contribution >= 4 is 17.7 Å². The maximum atomic E-state index is 10.5. The van der Waals surface area contributed by atoms with E-state index < -0.39 is 17.3 Å². The van der Waals surface area contributed by atoms with Gasteiger partial charge in [-0.05, 0) is 20.8 Å². The largest absolute Gasteiger partial charge is 0.465 e. The van der Waals surface area contributed by atoms with Gasteiger partial charge in [0.1, 0.15) is 0 Å². The second-order valence-corrected chi connectivity index (χ2v) is 3.52. The highest BCUT2D eigenvalue weighted by atomic mass is 35.5. The van der Waals surface area contributed by atoms with Gasteiger partial charge in [0.2, 0.25) is 5.69 Å². The Morgan fingerprint density at radius 2 is 1.91 bits per heavy atom. The predicted molar refractivity (Wildman–Crippen MR) is 41.5 cm³/mol. The summed E-state index contributed by atoms with van der Waals surface area (Å²) in [6, 6.07) is 0. The zero-order chi connectivity index (χ0) is 9.23. The van der Waals surface area contributed by atoms with E-state index in [1.807, 2.05) is 0 Å². The second-order valence-electron chi connectivity index (χ2n) is 3.13. The number of aliphatic hydroxyl groups excluding tert-OH is 1. The second kappa shape index (κ2) is 3.28. The van der Waals surface area contributed by atoms with Crippen molar-refractivity contribution in [2.24, 2.45) is 0 Å². The van der Waals surface area contributed by atoms with E-state index in [2.05, 4.69) is 0 Å². The van der Waals surface area contributed by atoms with Gasteiger partial charge in [-0.2, -0.15) is 0 Å². The molecule has 66 valence electrons. The maximum absolute atomic E-state index is 10.5. The third-order valence-corrected chi connectivity index (χ3v) is 1.34. The SMILES string of the molecule is CC(C)(C)N(C(=O)O)C(O)Cl. The molecule has 0 aliphatic carbocycles. The van der Waals surface area contributed by atoms with Crippen LogP contribution in [0.15, 0.2) is 0 Å². The quantitative estimate of drug-likeness (QED) is 0.364. The maximum Gasteiger partial charge on any atom is 0.410 e. The van der Waals surface area contributed by atoms with Crippen LogP contribution < -0.4 is 0 Å². The Balaban J connectivity index is 4.49. The molecule has 0 aliphatic rings. The average molecular weight is 182 g/mol. The van der Waals surface area contributed by atoms with Gasteiger partial charge in [0.25, 0.3) is 0 Å². The summed E-state index contributed by atoms with van der Waals surface area (Å²) in [5.74, 6) is 0. The van der Waals surface area contributed by atoms with Crippen molar-refractivity contribution in [2.45, 2.75) is 32.0 Å². The highest BCUT2D eigenvalue weighted by Gasteiger charge is 2.30. The predicted octanol–water partition coefficient (Wildman–Crippen LogP) is 1.28. The normalized spacial score (nSPS) is 14.3. The summed E-state index contributed by atoms with van der Waals surface area (Å²) in [5.41, 5.74) is -2.18. The Morgan fingerprint density at radius 3 is 1.91 bits per heavy atom. The van der Waals surface area contributed by atoms with Gasteiger partial charge in [0.15, 0.2) is 0 Å². The summed E-state index contributed by atoms with van der Waals surface area (Å²) in [7, 11) is 0. The molecule has 4 nitrogen and oxygen atoms in total. The fourth-order valence-corrected chi connectivity index (χ4v) is 1.07. The van der Waals surface area contributed by atoms with Gasteiger partial charge in [-0.15, -0.1) is 0 Å². The lowest BCUT2D eigenvalue weighted by Gasteiger charge is -2.33. The molecule has 0 aromatic heterocycles. The third-order valence-electron chi connectivity index (χ3n) is 1.14. The Morgan fingerprint density at radius 1 is 1.55 bits per heavy atom. The molecule has 1 amide bonds. The molecule has 2 N–H and O–H groups in total. The summed E-state index contributed by atoms with van der Waals surface area (Å²) in [4.78, 5) is 11.2. The topological polar surface area (TPSA) is 60.8 Å². The van der Waals surface area contributed by atoms with Crippen molar-refractivity contribution < 1.29 is 15.0 Å². The number of aliphatic hydroxyl groups is 1. The van der Waals surface area contributed by atoms with Crippen molar-refractivity contribution in [3.05, 3.63) is 0 Å². The van der Waals surface area contributed by atoms with Crippen LogP contribution >= 0.6 is 11.6 Å². The van der Waals surface area contributed by atoms with Crippen LogP contribution in [-0.4, -0.2) is 32.4 Å². The van der Waals surface area contributed by atoms with Gasteiger partial charge in [-0.1, -0.05) is 11.6 Å². The van der Waals surface area contributed by atoms with E-state index in [0.717, 1.165) is 4.90 Å². The van der Waals surface area contributed by atoms with Gasteiger partial charge < -0.3 is 10.2 Å². The highest BCUT2D eigenvalue weighted by Crippen LogP contribution is 2.17. The fraction of sp³-hybridized carbons (Fsp3) is 0.833. The third kappa shape index (κ3) is 2.95. The first kappa shape index (κ1) is 10.5. The molecule has 1 unspecified atom stereocenters. The lowest BCUT2D eigenvalue weighted by molar-refractivity contribution is 0.0132. The number of alkyl halides is 1. The number of carboxylic acid groups (broad SMARTS) is 1. The molecular formula is C6H12ClNO3. The van der Waals surface area contributed by atoms with E-state index in [4.69, 9.17) is 21.8 Å². The molecule has 5 heteroatoms. The number of rotatable bonds is 1. The zero-order valence-electron chi connectivity index (χ0n) is 6.71. The standard InChI is InChI=1S/C6H12ClNO3/c1-6(2,3)8(4(7)9)5(10)11/h4,9H,1-3H3,(H,10,11). The Hall–Kier alpha value is -0.480. The van der Waals surface area contributed by atoms with Crippen LogP contribution in [0.1, 0.15) is 20.8 Å². The zero-order valence-corrected chi connectivity index (χ0v) is 7.46. The number of nitrogens with zero attached hydrogens (tertiary/aromatic N) is 1. The Bertz CT molecular complexity index is 152. The van der Waals surface area contributed by atoms with Crippen LogP contribution in [0.5, 0.6) is 0 Å². The van der Waals surface area contributed by atoms with E-state index in [1.54, 1.807) is 20.8 Å².